The van der Waals surface area contributed by atoms with Crippen molar-refractivity contribution in [3.05, 3.63) is 23.8 Å². The van der Waals surface area contributed by atoms with Crippen molar-refractivity contribution in [2.45, 2.75) is 19.3 Å². The van der Waals surface area contributed by atoms with E-state index in [0.717, 1.165) is 24.2 Å². The van der Waals surface area contributed by atoms with E-state index in [2.05, 4.69) is 5.32 Å². The molecule has 5 heteroatoms. The number of ether oxygens (including phenoxy) is 1. The molecular formula is C17H19NO4. The topological polar surface area (TPSA) is 75.6 Å². The first-order valence-electron chi connectivity index (χ1n) is 7.80. The van der Waals surface area contributed by atoms with Crippen LogP contribution in [0.1, 0.15) is 29.6 Å². The molecular weight excluding hydrogens is 282 g/mol. The van der Waals surface area contributed by atoms with Gasteiger partial charge in [0.2, 0.25) is 5.91 Å². The summed E-state index contributed by atoms with van der Waals surface area (Å²) < 4.78 is 5.21. The van der Waals surface area contributed by atoms with Crippen molar-refractivity contribution in [1.82, 2.24) is 0 Å². The summed E-state index contributed by atoms with van der Waals surface area (Å²) in [6.45, 7) is 0. The fraction of sp³-hybridized carbons (Fsp3) is 0.529. The fourth-order valence-corrected chi connectivity index (χ4v) is 4.66. The number of benzene rings is 1. The molecule has 3 fully saturated rings. The maximum absolute atomic E-state index is 12.6. The van der Waals surface area contributed by atoms with Crippen LogP contribution in [0.4, 0.5) is 5.69 Å². The van der Waals surface area contributed by atoms with E-state index in [1.165, 1.54) is 32.1 Å². The molecule has 5 unspecified atom stereocenters. The highest BCUT2D eigenvalue weighted by Crippen LogP contribution is 2.67. The highest BCUT2D eigenvalue weighted by atomic mass is 16.5. The Balaban J connectivity index is 1.51. The van der Waals surface area contributed by atoms with E-state index in [9.17, 15) is 9.59 Å². The summed E-state index contributed by atoms with van der Waals surface area (Å²) in [5.41, 5.74) is 0.697. The third-order valence-electron chi connectivity index (χ3n) is 5.74. The van der Waals surface area contributed by atoms with Crippen molar-refractivity contribution in [1.29, 1.82) is 0 Å². The highest BCUT2D eigenvalue weighted by Gasteiger charge is 2.62. The Morgan fingerprint density at radius 2 is 2.00 bits per heavy atom. The predicted octanol–water partition coefficient (Wildman–Crippen LogP) is 2.62. The van der Waals surface area contributed by atoms with Crippen molar-refractivity contribution in [3.8, 4) is 5.75 Å². The van der Waals surface area contributed by atoms with Crippen molar-refractivity contribution in [2.75, 3.05) is 12.4 Å². The van der Waals surface area contributed by atoms with Crippen LogP contribution in [0.5, 0.6) is 5.75 Å². The number of carboxylic acid groups (broad SMARTS) is 1. The van der Waals surface area contributed by atoms with Crippen molar-refractivity contribution in [3.63, 3.8) is 0 Å². The number of carbonyl (C=O) groups is 2. The zero-order chi connectivity index (χ0) is 15.4. The quantitative estimate of drug-likeness (QED) is 0.896. The molecule has 1 aromatic carbocycles. The molecule has 2 N–H and O–H groups in total. The zero-order valence-corrected chi connectivity index (χ0v) is 12.4. The lowest BCUT2D eigenvalue weighted by Gasteiger charge is -2.21. The van der Waals surface area contributed by atoms with E-state index < -0.39 is 5.97 Å². The Hall–Kier alpha value is -2.04. The maximum Gasteiger partial charge on any atom is 0.335 e. The summed E-state index contributed by atoms with van der Waals surface area (Å²) in [6.07, 6.45) is 3.53. The number of hydrogen-bond donors (Lipinski definition) is 2. The number of nitrogens with one attached hydrogen (secondary N) is 1. The second-order valence-electron chi connectivity index (χ2n) is 6.77. The summed E-state index contributed by atoms with van der Waals surface area (Å²) >= 11 is 0. The standard InChI is InChI=1S/C17H19NO4/c1-22-15-6-8(17(20)21)2-3-14(15)18-16(19)13-5-9-4-11(13)12-7-10(9)12/h2-3,6,9-13H,4-5,7H2,1H3,(H,18,19)(H,20,21). The molecule has 0 spiro atoms. The average Bonchev–Trinajstić information content (AvgIpc) is 3.11. The van der Waals surface area contributed by atoms with Gasteiger partial charge in [0, 0.05) is 5.92 Å². The van der Waals surface area contributed by atoms with E-state index in [-0.39, 0.29) is 17.4 Å². The molecule has 0 radical (unpaired) electrons. The minimum Gasteiger partial charge on any atom is -0.495 e. The zero-order valence-electron chi connectivity index (χ0n) is 12.4. The number of carbonyl (C=O) groups excluding carboxylic acids is 1. The number of carboxylic acids is 1. The Morgan fingerprint density at radius 1 is 1.18 bits per heavy atom. The van der Waals surface area contributed by atoms with Gasteiger partial charge in [0.05, 0.1) is 18.4 Å². The maximum atomic E-state index is 12.6. The summed E-state index contributed by atoms with van der Waals surface area (Å²) in [6, 6.07) is 4.53. The van der Waals surface area contributed by atoms with Crippen LogP contribution < -0.4 is 10.1 Å². The van der Waals surface area contributed by atoms with Crippen LogP contribution in [0.2, 0.25) is 0 Å². The van der Waals surface area contributed by atoms with E-state index in [1.807, 2.05) is 0 Å². The molecule has 5 atom stereocenters. The third kappa shape index (κ3) is 1.99. The van der Waals surface area contributed by atoms with Gasteiger partial charge in [0.15, 0.2) is 0 Å². The van der Waals surface area contributed by atoms with Gasteiger partial charge in [0.25, 0.3) is 0 Å². The molecule has 1 aromatic rings. The van der Waals surface area contributed by atoms with E-state index in [0.29, 0.717) is 17.4 Å². The molecule has 116 valence electrons. The van der Waals surface area contributed by atoms with Gasteiger partial charge in [-0.05, 0) is 61.1 Å². The fourth-order valence-electron chi connectivity index (χ4n) is 4.66. The molecule has 1 amide bonds. The number of methoxy groups -OCH3 is 1. The van der Waals surface area contributed by atoms with E-state index >= 15 is 0 Å². The molecule has 3 aliphatic rings. The van der Waals surface area contributed by atoms with Gasteiger partial charge in [-0.15, -0.1) is 0 Å². The van der Waals surface area contributed by atoms with Gasteiger partial charge in [-0.25, -0.2) is 4.79 Å². The number of hydrogen-bond acceptors (Lipinski definition) is 3. The summed E-state index contributed by atoms with van der Waals surface area (Å²) in [5.74, 6) is 2.53. The first-order chi connectivity index (χ1) is 10.6. The van der Waals surface area contributed by atoms with Crippen LogP contribution >= 0.6 is 0 Å². The highest BCUT2D eigenvalue weighted by molar-refractivity contribution is 5.96. The Labute approximate surface area is 128 Å². The molecule has 22 heavy (non-hydrogen) atoms. The van der Waals surface area contributed by atoms with Gasteiger partial charge in [-0.1, -0.05) is 0 Å². The van der Waals surface area contributed by atoms with Crippen LogP contribution in [-0.4, -0.2) is 24.1 Å². The Kier molecular flexibility index (Phi) is 2.93. The second-order valence-corrected chi connectivity index (χ2v) is 6.77. The van der Waals surface area contributed by atoms with Gasteiger partial charge < -0.3 is 15.2 Å². The molecule has 2 bridgehead atoms. The summed E-state index contributed by atoms with van der Waals surface area (Å²) in [4.78, 5) is 23.6. The van der Waals surface area contributed by atoms with Crippen LogP contribution in [0.3, 0.4) is 0 Å². The molecule has 3 saturated carbocycles. The Morgan fingerprint density at radius 3 is 2.64 bits per heavy atom. The first-order valence-corrected chi connectivity index (χ1v) is 7.80. The van der Waals surface area contributed by atoms with Crippen LogP contribution in [-0.2, 0) is 4.79 Å². The molecule has 4 rings (SSSR count). The molecule has 0 aromatic heterocycles. The van der Waals surface area contributed by atoms with Crippen molar-refractivity contribution < 1.29 is 19.4 Å². The van der Waals surface area contributed by atoms with E-state index in [4.69, 9.17) is 9.84 Å². The Bertz CT molecular complexity index is 656. The lowest BCUT2D eigenvalue weighted by atomic mass is 9.88. The second kappa shape index (κ2) is 4.73. The normalized spacial score (nSPS) is 34.1. The summed E-state index contributed by atoms with van der Waals surface area (Å²) in [7, 11) is 1.48. The molecule has 0 saturated heterocycles. The van der Waals surface area contributed by atoms with E-state index in [1.54, 1.807) is 6.07 Å². The van der Waals surface area contributed by atoms with Crippen molar-refractivity contribution in [2.24, 2.45) is 29.6 Å². The monoisotopic (exact) mass is 301 g/mol. The largest absolute Gasteiger partial charge is 0.495 e. The number of fused-ring (bicyclic) bond motifs is 5. The lowest BCUT2D eigenvalue weighted by molar-refractivity contribution is -0.121. The van der Waals surface area contributed by atoms with Crippen LogP contribution in [0.15, 0.2) is 18.2 Å². The summed E-state index contributed by atoms with van der Waals surface area (Å²) in [5, 5.41) is 11.9. The van der Waals surface area contributed by atoms with Crippen molar-refractivity contribution >= 4 is 17.6 Å². The predicted molar refractivity (Wildman–Crippen MR) is 79.9 cm³/mol. The smallest absolute Gasteiger partial charge is 0.335 e. The lowest BCUT2D eigenvalue weighted by Crippen LogP contribution is -2.28. The minimum atomic E-state index is -1.01. The van der Waals surface area contributed by atoms with Crippen LogP contribution in [0, 0.1) is 29.6 Å². The van der Waals surface area contributed by atoms with Gasteiger partial charge in [0.1, 0.15) is 5.75 Å². The number of anilines is 1. The van der Waals surface area contributed by atoms with Gasteiger partial charge >= 0.3 is 5.97 Å². The van der Waals surface area contributed by atoms with Gasteiger partial charge in [-0.3, -0.25) is 4.79 Å². The number of rotatable bonds is 4. The number of aromatic carboxylic acids is 1. The average molecular weight is 301 g/mol. The number of amides is 1. The van der Waals surface area contributed by atoms with Crippen LogP contribution in [0.25, 0.3) is 0 Å². The third-order valence-corrected chi connectivity index (χ3v) is 5.74. The van der Waals surface area contributed by atoms with Gasteiger partial charge in [-0.2, -0.15) is 0 Å². The molecule has 0 aliphatic heterocycles. The minimum absolute atomic E-state index is 0.0548. The SMILES string of the molecule is COc1cc(C(=O)O)ccc1NC(=O)C1CC2CC1C1CC21. The molecule has 3 aliphatic carbocycles. The molecule has 5 nitrogen and oxygen atoms in total. The first kappa shape index (κ1) is 13.6. The molecule has 0 heterocycles.